The van der Waals surface area contributed by atoms with Gasteiger partial charge in [-0.1, -0.05) is 0 Å². The molecule has 2 aromatic heterocycles. The molecule has 6 heteroatoms. The smallest absolute Gasteiger partial charge is 0.195 e. The van der Waals surface area contributed by atoms with Crippen molar-refractivity contribution in [2.45, 2.75) is 19.6 Å². The van der Waals surface area contributed by atoms with E-state index in [-0.39, 0.29) is 6.61 Å². The first kappa shape index (κ1) is 11.0. The predicted molar refractivity (Wildman–Crippen MR) is 66.6 cm³/mol. The summed E-state index contributed by atoms with van der Waals surface area (Å²) in [7, 11) is 0. The number of rotatable bonds is 2. The van der Waals surface area contributed by atoms with Crippen LogP contribution < -0.4 is 4.90 Å². The van der Waals surface area contributed by atoms with Gasteiger partial charge in [0.25, 0.3) is 0 Å². The van der Waals surface area contributed by atoms with Crippen LogP contribution in [0.15, 0.2) is 11.6 Å². The Bertz CT molecular complexity index is 522. The number of thiazole rings is 1. The van der Waals surface area contributed by atoms with Gasteiger partial charge in [-0.05, 0) is 6.92 Å². The average Bonchev–Trinajstić information content (AvgIpc) is 2.89. The number of hydrogen-bond donors (Lipinski definition) is 1. The number of fused-ring (bicyclic) bond motifs is 1. The maximum atomic E-state index is 9.53. The highest BCUT2D eigenvalue weighted by atomic mass is 32.1. The van der Waals surface area contributed by atoms with Crippen molar-refractivity contribution in [1.82, 2.24) is 9.38 Å². The molecule has 0 saturated carbocycles. The largest absolute Gasteiger partial charge is 0.390 e. The standard InChI is InChI=1S/C11H15N3O2S/c1-8-7-16-4-2-13(8)10-9(6-15)14-3-5-17-11(14)12-10/h3,5,8,15H,2,4,6-7H2,1H3. The van der Waals surface area contributed by atoms with Gasteiger partial charge >= 0.3 is 0 Å². The third-order valence-electron chi connectivity index (χ3n) is 3.13. The van der Waals surface area contributed by atoms with E-state index in [4.69, 9.17) is 4.74 Å². The number of aliphatic hydroxyl groups is 1. The summed E-state index contributed by atoms with van der Waals surface area (Å²) < 4.78 is 7.39. The van der Waals surface area contributed by atoms with Gasteiger partial charge in [0.05, 0.1) is 31.6 Å². The number of aromatic nitrogens is 2. The summed E-state index contributed by atoms with van der Waals surface area (Å²) in [5.74, 6) is 0.898. The zero-order chi connectivity index (χ0) is 11.8. The van der Waals surface area contributed by atoms with Crippen LogP contribution in [-0.4, -0.2) is 40.3 Å². The van der Waals surface area contributed by atoms with Crippen molar-refractivity contribution in [3.63, 3.8) is 0 Å². The van der Waals surface area contributed by atoms with Gasteiger partial charge in [-0.25, -0.2) is 4.98 Å². The summed E-state index contributed by atoms with van der Waals surface area (Å²) in [6, 6.07) is 0.304. The molecule has 92 valence electrons. The van der Waals surface area contributed by atoms with Gasteiger partial charge in [-0.2, -0.15) is 0 Å². The molecule has 1 aliphatic rings. The van der Waals surface area contributed by atoms with E-state index in [0.717, 1.165) is 36.2 Å². The molecule has 3 rings (SSSR count). The molecule has 0 radical (unpaired) electrons. The minimum absolute atomic E-state index is 0.0112. The molecule has 0 aromatic carbocycles. The highest BCUT2D eigenvalue weighted by Gasteiger charge is 2.25. The van der Waals surface area contributed by atoms with Gasteiger partial charge in [0, 0.05) is 18.1 Å². The maximum absolute atomic E-state index is 9.53. The van der Waals surface area contributed by atoms with E-state index in [9.17, 15) is 5.11 Å². The Morgan fingerprint density at radius 1 is 1.65 bits per heavy atom. The minimum Gasteiger partial charge on any atom is -0.390 e. The first-order chi connectivity index (χ1) is 8.31. The monoisotopic (exact) mass is 253 g/mol. The minimum atomic E-state index is 0.0112. The van der Waals surface area contributed by atoms with Crippen LogP contribution in [0, 0.1) is 0 Å². The zero-order valence-corrected chi connectivity index (χ0v) is 10.5. The molecule has 1 atom stereocenters. The Hall–Kier alpha value is -1.11. The molecule has 1 unspecified atom stereocenters. The summed E-state index contributed by atoms with van der Waals surface area (Å²) in [5.41, 5.74) is 0.870. The fourth-order valence-corrected chi connectivity index (χ4v) is 2.97. The fraction of sp³-hybridized carbons (Fsp3) is 0.545. The number of hydrogen-bond acceptors (Lipinski definition) is 5. The van der Waals surface area contributed by atoms with E-state index in [1.165, 1.54) is 0 Å². The topological polar surface area (TPSA) is 50.0 Å². The summed E-state index contributed by atoms with van der Waals surface area (Å²) in [4.78, 5) is 7.76. The van der Waals surface area contributed by atoms with Gasteiger partial charge in [-0.3, -0.25) is 4.40 Å². The lowest BCUT2D eigenvalue weighted by Gasteiger charge is -2.34. The van der Waals surface area contributed by atoms with Crippen LogP contribution in [0.4, 0.5) is 5.82 Å². The predicted octanol–water partition coefficient (Wildman–Crippen LogP) is 1.11. The van der Waals surface area contributed by atoms with Crippen molar-refractivity contribution in [3.8, 4) is 0 Å². The van der Waals surface area contributed by atoms with Crippen LogP contribution >= 0.6 is 11.3 Å². The summed E-state index contributed by atoms with van der Waals surface area (Å²) in [6.45, 7) is 4.40. The number of aliphatic hydroxyl groups excluding tert-OH is 1. The number of morpholine rings is 1. The number of ether oxygens (including phenoxy) is 1. The lowest BCUT2D eigenvalue weighted by Crippen LogP contribution is -2.44. The van der Waals surface area contributed by atoms with Crippen LogP contribution in [0.5, 0.6) is 0 Å². The van der Waals surface area contributed by atoms with Crippen LogP contribution in [-0.2, 0) is 11.3 Å². The number of nitrogens with zero attached hydrogens (tertiary/aromatic N) is 3. The van der Waals surface area contributed by atoms with Crippen molar-refractivity contribution < 1.29 is 9.84 Å². The molecule has 2 aromatic rings. The number of imidazole rings is 1. The van der Waals surface area contributed by atoms with Gasteiger partial charge in [-0.15, -0.1) is 11.3 Å². The second-order valence-corrected chi connectivity index (χ2v) is 5.09. The van der Waals surface area contributed by atoms with Gasteiger partial charge < -0.3 is 14.7 Å². The lowest BCUT2D eigenvalue weighted by atomic mass is 10.2. The van der Waals surface area contributed by atoms with Gasteiger partial charge in [0.1, 0.15) is 0 Å². The number of anilines is 1. The average molecular weight is 253 g/mol. The highest BCUT2D eigenvalue weighted by molar-refractivity contribution is 7.15. The Morgan fingerprint density at radius 3 is 3.29 bits per heavy atom. The van der Waals surface area contributed by atoms with E-state index in [1.807, 2.05) is 16.0 Å². The Labute approximate surface area is 103 Å². The maximum Gasteiger partial charge on any atom is 0.195 e. The molecule has 1 N–H and O–H groups in total. The van der Waals surface area contributed by atoms with E-state index in [0.29, 0.717) is 6.04 Å². The van der Waals surface area contributed by atoms with Crippen molar-refractivity contribution in [2.75, 3.05) is 24.7 Å². The van der Waals surface area contributed by atoms with Crippen LogP contribution in [0.2, 0.25) is 0 Å². The molecule has 1 aliphatic heterocycles. The fourth-order valence-electron chi connectivity index (χ4n) is 2.24. The van der Waals surface area contributed by atoms with Crippen LogP contribution in [0.1, 0.15) is 12.6 Å². The molecule has 3 heterocycles. The van der Waals surface area contributed by atoms with Crippen molar-refractivity contribution in [3.05, 3.63) is 17.3 Å². The first-order valence-electron chi connectivity index (χ1n) is 5.71. The summed E-state index contributed by atoms with van der Waals surface area (Å²) in [6.07, 6.45) is 1.95. The molecule has 5 nitrogen and oxygen atoms in total. The Morgan fingerprint density at radius 2 is 2.53 bits per heavy atom. The second-order valence-electron chi connectivity index (χ2n) is 4.21. The van der Waals surface area contributed by atoms with E-state index in [1.54, 1.807) is 11.3 Å². The molecular weight excluding hydrogens is 238 g/mol. The van der Waals surface area contributed by atoms with Crippen molar-refractivity contribution in [1.29, 1.82) is 0 Å². The molecule has 0 spiro atoms. The van der Waals surface area contributed by atoms with Crippen molar-refractivity contribution in [2.24, 2.45) is 0 Å². The quantitative estimate of drug-likeness (QED) is 0.871. The molecule has 0 aliphatic carbocycles. The third-order valence-corrected chi connectivity index (χ3v) is 3.89. The molecule has 17 heavy (non-hydrogen) atoms. The van der Waals surface area contributed by atoms with E-state index < -0.39 is 0 Å². The van der Waals surface area contributed by atoms with Gasteiger partial charge in [0.15, 0.2) is 10.8 Å². The van der Waals surface area contributed by atoms with E-state index in [2.05, 4.69) is 16.8 Å². The second kappa shape index (κ2) is 4.29. The molecule has 0 bridgehead atoms. The van der Waals surface area contributed by atoms with Crippen LogP contribution in [0.3, 0.4) is 0 Å². The SMILES string of the molecule is CC1COCCN1c1nc2sccn2c1CO. The first-order valence-corrected chi connectivity index (χ1v) is 6.59. The van der Waals surface area contributed by atoms with E-state index >= 15 is 0 Å². The van der Waals surface area contributed by atoms with Crippen molar-refractivity contribution >= 4 is 22.1 Å². The highest BCUT2D eigenvalue weighted by Crippen LogP contribution is 2.27. The lowest BCUT2D eigenvalue weighted by molar-refractivity contribution is 0.0983. The Balaban J connectivity index is 2.05. The molecule has 1 saturated heterocycles. The Kier molecular flexibility index (Phi) is 2.78. The zero-order valence-electron chi connectivity index (χ0n) is 9.67. The summed E-state index contributed by atoms with van der Waals surface area (Å²) in [5, 5.41) is 11.5. The summed E-state index contributed by atoms with van der Waals surface area (Å²) >= 11 is 1.59. The molecule has 0 amide bonds. The molecular formula is C11H15N3O2S. The molecule has 1 fully saturated rings. The van der Waals surface area contributed by atoms with Gasteiger partial charge in [0.2, 0.25) is 0 Å². The third kappa shape index (κ3) is 1.72. The van der Waals surface area contributed by atoms with Crippen LogP contribution in [0.25, 0.3) is 4.96 Å². The normalized spacial score (nSPS) is 21.3.